The summed E-state index contributed by atoms with van der Waals surface area (Å²) in [6.07, 6.45) is 3.27. The van der Waals surface area contributed by atoms with Gasteiger partial charge in [0.1, 0.15) is 0 Å². The summed E-state index contributed by atoms with van der Waals surface area (Å²) >= 11 is 12.5. The third-order valence-electron chi connectivity index (χ3n) is 8.12. The van der Waals surface area contributed by atoms with Gasteiger partial charge in [-0.2, -0.15) is 0 Å². The van der Waals surface area contributed by atoms with E-state index in [2.05, 4.69) is 29.0 Å². The summed E-state index contributed by atoms with van der Waals surface area (Å²) in [6, 6.07) is 9.41. The van der Waals surface area contributed by atoms with E-state index < -0.39 is 9.84 Å². The number of H-pyrrole nitrogens is 1. The van der Waals surface area contributed by atoms with Crippen LogP contribution in [0.4, 0.5) is 5.69 Å². The number of nitrogens with one attached hydrogen (secondary N) is 2. The van der Waals surface area contributed by atoms with Gasteiger partial charge >= 0.3 is 0 Å². The molecule has 42 heavy (non-hydrogen) atoms. The van der Waals surface area contributed by atoms with Gasteiger partial charge < -0.3 is 20.1 Å². The lowest BCUT2D eigenvalue weighted by Gasteiger charge is -2.25. The smallest absolute Gasteiger partial charge is 0.256 e. The Morgan fingerprint density at radius 2 is 1.79 bits per heavy atom. The maximum Gasteiger partial charge on any atom is 0.256 e. The Bertz CT molecular complexity index is 1670. The van der Waals surface area contributed by atoms with Crippen molar-refractivity contribution in [3.05, 3.63) is 80.1 Å². The summed E-state index contributed by atoms with van der Waals surface area (Å²) in [5, 5.41) is 3.36. The minimum atomic E-state index is -3.83. The molecule has 2 aromatic carbocycles. The molecule has 11 heteroatoms. The van der Waals surface area contributed by atoms with E-state index in [1.54, 1.807) is 30.3 Å². The summed E-state index contributed by atoms with van der Waals surface area (Å²) in [5.41, 5.74) is 4.59. The number of aromatic nitrogens is 1. The highest BCUT2D eigenvalue weighted by atomic mass is 35.5. The minimum absolute atomic E-state index is 0.00376. The first-order valence-corrected chi connectivity index (χ1v) is 16.5. The van der Waals surface area contributed by atoms with Gasteiger partial charge in [0.15, 0.2) is 9.84 Å². The number of hydrogen-bond acceptors (Lipinski definition) is 5. The van der Waals surface area contributed by atoms with Gasteiger partial charge in [0, 0.05) is 57.9 Å². The minimum Gasteiger partial charge on any atom is -0.358 e. The Hall–Kier alpha value is -3.11. The number of aryl methyl sites for hydroxylation is 1. The Kier molecular flexibility index (Phi) is 8.85. The van der Waals surface area contributed by atoms with Crippen LogP contribution in [-0.4, -0.2) is 67.7 Å². The largest absolute Gasteiger partial charge is 0.358 e. The predicted octanol–water partition coefficient (Wildman–Crippen LogP) is 5.83. The number of hydrogen-bond donors (Lipinski definition) is 2. The van der Waals surface area contributed by atoms with Crippen molar-refractivity contribution in [2.24, 2.45) is 0 Å². The van der Waals surface area contributed by atoms with Crippen molar-refractivity contribution >= 4 is 62.2 Å². The first-order chi connectivity index (χ1) is 20.0. The molecule has 3 aromatic rings. The van der Waals surface area contributed by atoms with E-state index >= 15 is 0 Å². The number of sulfone groups is 1. The molecule has 8 nitrogen and oxygen atoms in total. The SMILES string of the molecule is CCN(CC)CCN1CCCc2[nH]c(C=C3C(=O)Nc4ccc(S(=O)(=O)Cc5c(Cl)cccc5Cl)cc43)c(C)c2C1=O. The number of anilines is 1. The number of halogens is 2. The maximum atomic E-state index is 13.6. The molecule has 3 heterocycles. The summed E-state index contributed by atoms with van der Waals surface area (Å²) in [5.74, 6) is -0.721. The molecular weight excluding hydrogens is 595 g/mol. The molecule has 2 aliphatic rings. The number of aromatic amines is 1. The van der Waals surface area contributed by atoms with Crippen LogP contribution in [0, 0.1) is 6.92 Å². The lowest BCUT2D eigenvalue weighted by molar-refractivity contribution is -0.110. The molecule has 222 valence electrons. The van der Waals surface area contributed by atoms with Gasteiger partial charge in [-0.15, -0.1) is 0 Å². The van der Waals surface area contributed by atoms with Gasteiger partial charge in [-0.25, -0.2) is 8.42 Å². The molecule has 0 spiro atoms. The maximum absolute atomic E-state index is 13.6. The van der Waals surface area contributed by atoms with Crippen LogP contribution in [0.25, 0.3) is 11.6 Å². The molecular formula is C31H34Cl2N4O4S. The van der Waals surface area contributed by atoms with Crippen molar-refractivity contribution < 1.29 is 18.0 Å². The van der Waals surface area contributed by atoms with E-state index in [1.165, 1.54) is 12.1 Å². The predicted molar refractivity (Wildman–Crippen MR) is 168 cm³/mol. The second-order valence-electron chi connectivity index (χ2n) is 10.6. The molecule has 0 atom stereocenters. The fourth-order valence-electron chi connectivity index (χ4n) is 5.61. The fourth-order valence-corrected chi connectivity index (χ4v) is 7.73. The average molecular weight is 630 g/mol. The van der Waals surface area contributed by atoms with Gasteiger partial charge in [0.25, 0.3) is 11.8 Å². The Morgan fingerprint density at radius 1 is 1.07 bits per heavy atom. The third-order valence-corrected chi connectivity index (χ3v) is 10.5. The number of likely N-dealkylation sites (N-methyl/N-ethyl adjacent to an activating group) is 1. The van der Waals surface area contributed by atoms with Crippen molar-refractivity contribution in [2.45, 2.75) is 44.3 Å². The van der Waals surface area contributed by atoms with Crippen LogP contribution in [0.15, 0.2) is 41.3 Å². The van der Waals surface area contributed by atoms with Crippen LogP contribution in [0.5, 0.6) is 0 Å². The highest BCUT2D eigenvalue weighted by Gasteiger charge is 2.30. The Labute approximate surface area is 256 Å². The zero-order chi connectivity index (χ0) is 30.2. The van der Waals surface area contributed by atoms with E-state index in [1.807, 2.05) is 11.8 Å². The lowest BCUT2D eigenvalue weighted by Crippen LogP contribution is -2.38. The van der Waals surface area contributed by atoms with Gasteiger partial charge in [-0.1, -0.05) is 43.1 Å². The lowest BCUT2D eigenvalue weighted by atomic mass is 10.0. The number of nitrogens with zero attached hydrogens (tertiary/aromatic N) is 2. The number of benzene rings is 2. The zero-order valence-corrected chi connectivity index (χ0v) is 26.2. The highest BCUT2D eigenvalue weighted by molar-refractivity contribution is 7.90. The van der Waals surface area contributed by atoms with Gasteiger partial charge in [0.05, 0.1) is 21.8 Å². The molecule has 0 saturated carbocycles. The summed E-state index contributed by atoms with van der Waals surface area (Å²) in [4.78, 5) is 34.3. The number of carbonyl (C=O) groups is 2. The zero-order valence-electron chi connectivity index (χ0n) is 23.9. The molecule has 2 aliphatic heterocycles. The molecule has 0 fully saturated rings. The first kappa shape index (κ1) is 30.4. The van der Waals surface area contributed by atoms with Crippen molar-refractivity contribution in [3.8, 4) is 0 Å². The quantitative estimate of drug-likeness (QED) is 0.290. The molecule has 2 N–H and O–H groups in total. The summed E-state index contributed by atoms with van der Waals surface area (Å²) in [6.45, 7) is 10.2. The first-order valence-electron chi connectivity index (χ1n) is 14.1. The van der Waals surface area contributed by atoms with Crippen LogP contribution in [0.3, 0.4) is 0 Å². The van der Waals surface area contributed by atoms with Gasteiger partial charge in [0.2, 0.25) is 0 Å². The number of fused-ring (bicyclic) bond motifs is 2. The Balaban J connectivity index is 1.46. The molecule has 0 radical (unpaired) electrons. The van der Waals surface area contributed by atoms with Crippen LogP contribution < -0.4 is 5.32 Å². The number of amides is 2. The standard InChI is InChI=1S/C31H34Cl2N4O4S/c1-4-36(5-2)14-15-37-13-7-10-27-29(31(37)39)19(3)28(34-27)17-22-21-16-20(11-12-26(21)35-30(22)38)42(40,41)18-23-24(32)8-6-9-25(23)33/h6,8-9,11-12,16-17,34H,4-5,7,10,13-15,18H2,1-3H3,(H,35,38). The monoisotopic (exact) mass is 628 g/mol. The second kappa shape index (κ2) is 12.2. The summed E-state index contributed by atoms with van der Waals surface area (Å²) in [7, 11) is -3.83. The summed E-state index contributed by atoms with van der Waals surface area (Å²) < 4.78 is 26.8. The molecule has 1 aromatic heterocycles. The topological polar surface area (TPSA) is 103 Å². The third kappa shape index (κ3) is 5.88. The normalized spacial score (nSPS) is 16.1. The highest BCUT2D eigenvalue weighted by Crippen LogP contribution is 2.37. The van der Waals surface area contributed by atoms with Crippen LogP contribution >= 0.6 is 23.2 Å². The van der Waals surface area contributed by atoms with Crippen LogP contribution in [0.1, 0.15) is 58.7 Å². The van der Waals surface area contributed by atoms with Crippen molar-refractivity contribution in [1.82, 2.24) is 14.8 Å². The molecule has 2 amide bonds. The van der Waals surface area contributed by atoms with Crippen LogP contribution in [0.2, 0.25) is 10.0 Å². The molecule has 0 unspecified atom stereocenters. The van der Waals surface area contributed by atoms with E-state index in [4.69, 9.17) is 23.2 Å². The Morgan fingerprint density at radius 3 is 2.48 bits per heavy atom. The molecule has 0 saturated heterocycles. The van der Waals surface area contributed by atoms with Crippen LogP contribution in [-0.2, 0) is 26.8 Å². The molecule has 5 rings (SSSR count). The second-order valence-corrected chi connectivity index (χ2v) is 13.4. The van der Waals surface area contributed by atoms with Crippen molar-refractivity contribution in [1.29, 1.82) is 0 Å². The molecule has 0 aliphatic carbocycles. The fraction of sp³-hybridized carbons (Fsp3) is 0.355. The van der Waals surface area contributed by atoms with Gasteiger partial charge in [-0.3, -0.25) is 9.59 Å². The van der Waals surface area contributed by atoms with E-state index in [-0.39, 0.29) is 32.5 Å². The van der Waals surface area contributed by atoms with Crippen molar-refractivity contribution in [2.75, 3.05) is 38.0 Å². The van der Waals surface area contributed by atoms with Gasteiger partial charge in [-0.05, 0) is 74.8 Å². The average Bonchev–Trinajstić information content (AvgIpc) is 3.38. The van der Waals surface area contributed by atoms with E-state index in [0.717, 1.165) is 43.7 Å². The van der Waals surface area contributed by atoms with E-state index in [0.29, 0.717) is 46.7 Å². The number of carbonyl (C=O) groups excluding carboxylic acids is 2. The number of rotatable bonds is 9. The van der Waals surface area contributed by atoms with E-state index in [9.17, 15) is 18.0 Å². The molecule has 0 bridgehead atoms. The van der Waals surface area contributed by atoms with Crippen molar-refractivity contribution in [3.63, 3.8) is 0 Å².